The van der Waals surface area contributed by atoms with Crippen LogP contribution in [0, 0.1) is 5.41 Å². The Hall–Kier alpha value is -1.79. The van der Waals surface area contributed by atoms with Crippen molar-refractivity contribution in [2.75, 3.05) is 41.0 Å². The summed E-state index contributed by atoms with van der Waals surface area (Å²) in [4.78, 5) is 12.5. The second kappa shape index (κ2) is 7.47. The van der Waals surface area contributed by atoms with Gasteiger partial charge in [-0.3, -0.25) is 4.79 Å². The van der Waals surface area contributed by atoms with Crippen LogP contribution in [-0.2, 0) is 16.1 Å². The van der Waals surface area contributed by atoms with Crippen LogP contribution in [0.2, 0.25) is 0 Å². The van der Waals surface area contributed by atoms with Gasteiger partial charge in [0, 0.05) is 20.2 Å². The van der Waals surface area contributed by atoms with E-state index in [1.54, 1.807) is 21.3 Å². The van der Waals surface area contributed by atoms with Gasteiger partial charge in [0.15, 0.2) is 11.5 Å². The maximum atomic E-state index is 12.5. The van der Waals surface area contributed by atoms with Gasteiger partial charge in [0.1, 0.15) is 0 Å². The molecule has 0 aromatic heterocycles. The van der Waals surface area contributed by atoms with Gasteiger partial charge in [0.05, 0.1) is 26.2 Å². The summed E-state index contributed by atoms with van der Waals surface area (Å²) < 4.78 is 15.7. The highest BCUT2D eigenvalue weighted by molar-refractivity contribution is 5.83. The second-order valence-electron chi connectivity index (χ2n) is 5.51. The number of carbonyl (C=O) groups is 1. The first kappa shape index (κ1) is 16.6. The Morgan fingerprint density at radius 1 is 1.27 bits per heavy atom. The highest BCUT2D eigenvalue weighted by Gasteiger charge is 2.41. The van der Waals surface area contributed by atoms with Crippen molar-refractivity contribution < 1.29 is 19.0 Å². The van der Waals surface area contributed by atoms with Crippen LogP contribution in [0.25, 0.3) is 0 Å². The molecule has 0 bridgehead atoms. The molecular weight excluding hydrogens is 284 g/mol. The van der Waals surface area contributed by atoms with E-state index in [1.807, 2.05) is 18.2 Å². The Kier molecular flexibility index (Phi) is 5.63. The molecular formula is C16H24N2O4. The van der Waals surface area contributed by atoms with Crippen LogP contribution < -0.4 is 20.1 Å². The van der Waals surface area contributed by atoms with E-state index >= 15 is 0 Å². The lowest BCUT2D eigenvalue weighted by molar-refractivity contribution is -0.133. The summed E-state index contributed by atoms with van der Waals surface area (Å²) >= 11 is 0. The first-order valence-corrected chi connectivity index (χ1v) is 7.34. The van der Waals surface area contributed by atoms with Gasteiger partial charge >= 0.3 is 0 Å². The number of amides is 1. The molecule has 1 atom stereocenters. The average molecular weight is 308 g/mol. The van der Waals surface area contributed by atoms with Gasteiger partial charge in [-0.05, 0) is 30.7 Å². The van der Waals surface area contributed by atoms with E-state index < -0.39 is 5.41 Å². The summed E-state index contributed by atoms with van der Waals surface area (Å²) in [6.45, 7) is 2.37. The fourth-order valence-electron chi connectivity index (χ4n) is 2.76. The molecule has 0 spiro atoms. The molecule has 1 aliphatic rings. The molecule has 2 N–H and O–H groups in total. The van der Waals surface area contributed by atoms with Crippen molar-refractivity contribution in [3.63, 3.8) is 0 Å². The van der Waals surface area contributed by atoms with Gasteiger partial charge in [-0.1, -0.05) is 6.07 Å². The highest BCUT2D eigenvalue weighted by atomic mass is 16.5. The zero-order valence-electron chi connectivity index (χ0n) is 13.4. The molecule has 6 heteroatoms. The lowest BCUT2D eigenvalue weighted by Crippen LogP contribution is -2.45. The minimum absolute atomic E-state index is 0.0223. The maximum Gasteiger partial charge on any atom is 0.230 e. The summed E-state index contributed by atoms with van der Waals surface area (Å²) in [5, 5.41) is 6.23. The summed E-state index contributed by atoms with van der Waals surface area (Å²) in [6.07, 6.45) is 0.790. The summed E-state index contributed by atoms with van der Waals surface area (Å²) in [7, 11) is 4.82. The van der Waals surface area contributed by atoms with Crippen LogP contribution in [0.3, 0.4) is 0 Å². The summed E-state index contributed by atoms with van der Waals surface area (Å²) in [5.74, 6) is 1.35. The van der Waals surface area contributed by atoms with Crippen molar-refractivity contribution in [2.45, 2.75) is 13.0 Å². The molecule has 122 valence electrons. The van der Waals surface area contributed by atoms with E-state index in [-0.39, 0.29) is 5.91 Å². The molecule has 1 fully saturated rings. The number of ether oxygens (including phenoxy) is 3. The van der Waals surface area contributed by atoms with Crippen LogP contribution in [0.1, 0.15) is 12.0 Å². The highest BCUT2D eigenvalue weighted by Crippen LogP contribution is 2.28. The molecule has 1 aliphatic heterocycles. The van der Waals surface area contributed by atoms with Crippen LogP contribution >= 0.6 is 0 Å². The molecule has 0 saturated carbocycles. The van der Waals surface area contributed by atoms with Crippen molar-refractivity contribution in [1.29, 1.82) is 0 Å². The topological polar surface area (TPSA) is 68.8 Å². The van der Waals surface area contributed by atoms with Crippen LogP contribution in [-0.4, -0.2) is 46.9 Å². The van der Waals surface area contributed by atoms with Gasteiger partial charge in [0.25, 0.3) is 0 Å². The minimum atomic E-state index is -0.467. The van der Waals surface area contributed by atoms with E-state index in [9.17, 15) is 4.79 Å². The Balaban J connectivity index is 2.01. The first-order valence-electron chi connectivity index (χ1n) is 7.34. The summed E-state index contributed by atoms with van der Waals surface area (Å²) in [6, 6.07) is 5.62. The molecule has 22 heavy (non-hydrogen) atoms. The van der Waals surface area contributed by atoms with Crippen LogP contribution in [0.15, 0.2) is 18.2 Å². The monoisotopic (exact) mass is 308 g/mol. The summed E-state index contributed by atoms with van der Waals surface area (Å²) in [5.41, 5.74) is 0.496. The van der Waals surface area contributed by atoms with E-state index in [4.69, 9.17) is 14.2 Å². The third-order valence-corrected chi connectivity index (χ3v) is 4.05. The van der Waals surface area contributed by atoms with Gasteiger partial charge in [-0.15, -0.1) is 0 Å². The van der Waals surface area contributed by atoms with E-state index in [0.717, 1.165) is 18.5 Å². The molecule has 1 aromatic carbocycles. The molecule has 0 radical (unpaired) electrons. The molecule has 0 aliphatic carbocycles. The number of hydrogen-bond donors (Lipinski definition) is 2. The largest absolute Gasteiger partial charge is 0.493 e. The number of rotatable bonds is 7. The van der Waals surface area contributed by atoms with Gasteiger partial charge < -0.3 is 24.8 Å². The zero-order chi connectivity index (χ0) is 16.0. The normalized spacial score (nSPS) is 20.7. The fraction of sp³-hybridized carbons (Fsp3) is 0.562. The molecule has 1 aromatic rings. The van der Waals surface area contributed by atoms with Crippen molar-refractivity contribution in [2.24, 2.45) is 5.41 Å². The van der Waals surface area contributed by atoms with Gasteiger partial charge in [0.2, 0.25) is 5.91 Å². The lowest BCUT2D eigenvalue weighted by Gasteiger charge is -2.26. The number of methoxy groups -OCH3 is 3. The third kappa shape index (κ3) is 3.51. The number of benzene rings is 1. The lowest BCUT2D eigenvalue weighted by atomic mass is 9.87. The van der Waals surface area contributed by atoms with Crippen LogP contribution in [0.5, 0.6) is 11.5 Å². The predicted molar refractivity (Wildman–Crippen MR) is 83.2 cm³/mol. The van der Waals surface area contributed by atoms with Gasteiger partial charge in [-0.2, -0.15) is 0 Å². The minimum Gasteiger partial charge on any atom is -0.493 e. The van der Waals surface area contributed by atoms with E-state index in [1.165, 1.54) is 0 Å². The molecule has 1 heterocycles. The zero-order valence-corrected chi connectivity index (χ0v) is 13.4. The molecule has 1 unspecified atom stereocenters. The fourth-order valence-corrected chi connectivity index (χ4v) is 2.76. The Morgan fingerprint density at radius 2 is 2.05 bits per heavy atom. The Morgan fingerprint density at radius 3 is 2.64 bits per heavy atom. The molecule has 1 amide bonds. The van der Waals surface area contributed by atoms with Crippen molar-refractivity contribution in [1.82, 2.24) is 10.6 Å². The van der Waals surface area contributed by atoms with Crippen LogP contribution in [0.4, 0.5) is 0 Å². The Bertz CT molecular complexity index is 513. The first-order chi connectivity index (χ1) is 10.6. The average Bonchev–Trinajstić information content (AvgIpc) is 3.02. The van der Waals surface area contributed by atoms with E-state index in [0.29, 0.717) is 31.2 Å². The molecule has 1 saturated heterocycles. The van der Waals surface area contributed by atoms with E-state index in [2.05, 4.69) is 10.6 Å². The quantitative estimate of drug-likeness (QED) is 0.785. The molecule has 2 rings (SSSR count). The van der Waals surface area contributed by atoms with Crippen molar-refractivity contribution >= 4 is 5.91 Å². The SMILES string of the molecule is COCC1(C(=O)NCc2ccc(OC)c(OC)c2)CCNC1. The number of hydrogen-bond acceptors (Lipinski definition) is 5. The van der Waals surface area contributed by atoms with Crippen molar-refractivity contribution in [3.05, 3.63) is 23.8 Å². The molecule has 6 nitrogen and oxygen atoms in total. The standard InChI is InChI=1S/C16H24N2O4/c1-20-11-16(6-7-17-10-16)15(19)18-9-12-4-5-13(21-2)14(8-12)22-3/h4-5,8,17H,6-7,9-11H2,1-3H3,(H,18,19). The smallest absolute Gasteiger partial charge is 0.230 e. The van der Waals surface area contributed by atoms with Gasteiger partial charge in [-0.25, -0.2) is 0 Å². The Labute approximate surface area is 131 Å². The number of carbonyl (C=O) groups excluding carboxylic acids is 1. The predicted octanol–water partition coefficient (Wildman–Crippen LogP) is 0.946. The second-order valence-corrected chi connectivity index (χ2v) is 5.51. The maximum absolute atomic E-state index is 12.5. The van der Waals surface area contributed by atoms with Crippen molar-refractivity contribution in [3.8, 4) is 11.5 Å². The third-order valence-electron chi connectivity index (χ3n) is 4.05. The number of nitrogens with one attached hydrogen (secondary N) is 2.